The van der Waals surface area contributed by atoms with Crippen LogP contribution in [-0.4, -0.2) is 30.0 Å². The van der Waals surface area contributed by atoms with Crippen LogP contribution in [0, 0.1) is 5.92 Å². The van der Waals surface area contributed by atoms with Crippen LogP contribution in [0.25, 0.3) is 0 Å². The Labute approximate surface area is 101 Å². The van der Waals surface area contributed by atoms with E-state index in [1.54, 1.807) is 0 Å². The smallest absolute Gasteiger partial charge is 0.321 e. The van der Waals surface area contributed by atoms with Crippen LogP contribution in [0.3, 0.4) is 0 Å². The maximum Gasteiger partial charge on any atom is 0.321 e. The fourth-order valence-electron chi connectivity index (χ4n) is 2.03. The molecular weight excluding hydrogens is 224 g/mol. The number of carbonyl (C=O) groups excluding carboxylic acids is 2. The second-order valence-electron chi connectivity index (χ2n) is 4.32. The monoisotopic (exact) mass is 244 g/mol. The summed E-state index contributed by atoms with van der Waals surface area (Å²) in [5.74, 6) is 0.608. The summed E-state index contributed by atoms with van der Waals surface area (Å²) in [5, 5.41) is 5.22. The standard InChI is InChI=1S/C11H20N2O2S/c1-8-5-3-4-6-9(8)12-11(15)13-10(14)7-16-2/h8-9H,3-7H2,1-2H3,(H2,12,13,14,15). The molecule has 1 aliphatic rings. The summed E-state index contributed by atoms with van der Waals surface area (Å²) in [5.41, 5.74) is 0. The summed E-state index contributed by atoms with van der Waals surface area (Å²) in [6, 6.07) is -0.131. The first-order chi connectivity index (χ1) is 7.63. The first-order valence-corrected chi connectivity index (χ1v) is 7.12. The van der Waals surface area contributed by atoms with E-state index >= 15 is 0 Å². The molecule has 4 nitrogen and oxygen atoms in total. The SMILES string of the molecule is CSCC(=O)NC(=O)NC1CCCCC1C. The first kappa shape index (κ1) is 13.4. The summed E-state index contributed by atoms with van der Waals surface area (Å²) in [6.45, 7) is 2.15. The van der Waals surface area contributed by atoms with Gasteiger partial charge in [0.15, 0.2) is 0 Å². The lowest BCUT2D eigenvalue weighted by Crippen LogP contribution is -2.48. The van der Waals surface area contributed by atoms with Gasteiger partial charge in [-0.1, -0.05) is 19.8 Å². The summed E-state index contributed by atoms with van der Waals surface area (Å²) in [7, 11) is 0. The summed E-state index contributed by atoms with van der Waals surface area (Å²) in [6.07, 6.45) is 6.41. The largest absolute Gasteiger partial charge is 0.335 e. The van der Waals surface area contributed by atoms with Gasteiger partial charge in [-0.15, -0.1) is 0 Å². The van der Waals surface area contributed by atoms with Crippen LogP contribution in [0.5, 0.6) is 0 Å². The number of hydrogen-bond acceptors (Lipinski definition) is 3. The van der Waals surface area contributed by atoms with Crippen LogP contribution in [-0.2, 0) is 4.79 Å². The van der Waals surface area contributed by atoms with Gasteiger partial charge in [-0.05, 0) is 25.0 Å². The van der Waals surface area contributed by atoms with Gasteiger partial charge >= 0.3 is 6.03 Å². The maximum atomic E-state index is 11.5. The van der Waals surface area contributed by atoms with E-state index < -0.39 is 0 Å². The molecule has 92 valence electrons. The van der Waals surface area contributed by atoms with Crippen molar-refractivity contribution in [2.45, 2.75) is 38.6 Å². The number of thioether (sulfide) groups is 1. The number of carbonyl (C=O) groups is 2. The highest BCUT2D eigenvalue weighted by Gasteiger charge is 2.23. The van der Waals surface area contributed by atoms with Gasteiger partial charge in [-0.3, -0.25) is 10.1 Å². The molecule has 0 radical (unpaired) electrons. The highest BCUT2D eigenvalue weighted by Crippen LogP contribution is 2.23. The van der Waals surface area contributed by atoms with Gasteiger partial charge in [0.05, 0.1) is 5.75 Å². The second-order valence-corrected chi connectivity index (χ2v) is 5.19. The second kappa shape index (κ2) is 6.78. The van der Waals surface area contributed by atoms with Crippen molar-refractivity contribution in [3.05, 3.63) is 0 Å². The zero-order chi connectivity index (χ0) is 12.0. The third kappa shape index (κ3) is 4.43. The molecule has 2 atom stereocenters. The number of rotatable bonds is 3. The topological polar surface area (TPSA) is 58.2 Å². The van der Waals surface area contributed by atoms with Crippen molar-refractivity contribution in [3.8, 4) is 0 Å². The molecule has 0 aromatic carbocycles. The van der Waals surface area contributed by atoms with E-state index in [0.717, 1.165) is 19.3 Å². The average Bonchev–Trinajstić information content (AvgIpc) is 2.21. The van der Waals surface area contributed by atoms with Crippen LogP contribution in [0.4, 0.5) is 4.79 Å². The number of amides is 3. The molecule has 0 aromatic rings. The van der Waals surface area contributed by atoms with Gasteiger partial charge in [0, 0.05) is 6.04 Å². The minimum Gasteiger partial charge on any atom is -0.335 e. The molecule has 0 saturated heterocycles. The highest BCUT2D eigenvalue weighted by atomic mass is 32.2. The zero-order valence-electron chi connectivity index (χ0n) is 9.91. The molecule has 2 unspecified atom stereocenters. The summed E-state index contributed by atoms with van der Waals surface area (Å²) >= 11 is 1.41. The lowest BCUT2D eigenvalue weighted by molar-refractivity contribution is -0.117. The Balaban J connectivity index is 2.30. The van der Waals surface area contributed by atoms with Crippen molar-refractivity contribution in [1.29, 1.82) is 0 Å². The molecule has 1 saturated carbocycles. The minimum atomic E-state index is -0.349. The quantitative estimate of drug-likeness (QED) is 0.795. The molecule has 0 bridgehead atoms. The van der Waals surface area contributed by atoms with Crippen molar-refractivity contribution < 1.29 is 9.59 Å². The van der Waals surface area contributed by atoms with Gasteiger partial charge in [0.25, 0.3) is 0 Å². The lowest BCUT2D eigenvalue weighted by atomic mass is 9.86. The third-order valence-corrected chi connectivity index (χ3v) is 3.51. The van der Waals surface area contributed by atoms with E-state index in [0.29, 0.717) is 11.7 Å². The van der Waals surface area contributed by atoms with E-state index in [1.165, 1.54) is 18.2 Å². The van der Waals surface area contributed by atoms with Crippen molar-refractivity contribution >= 4 is 23.7 Å². The van der Waals surface area contributed by atoms with Crippen LogP contribution in [0.1, 0.15) is 32.6 Å². The average molecular weight is 244 g/mol. The maximum absolute atomic E-state index is 11.5. The highest BCUT2D eigenvalue weighted by molar-refractivity contribution is 7.99. The summed E-state index contributed by atoms with van der Waals surface area (Å²) in [4.78, 5) is 22.7. The van der Waals surface area contributed by atoms with E-state index in [2.05, 4.69) is 17.6 Å². The molecule has 0 aliphatic heterocycles. The Bertz CT molecular complexity index is 258. The Morgan fingerprint density at radius 3 is 2.62 bits per heavy atom. The number of hydrogen-bond donors (Lipinski definition) is 2. The minimum absolute atomic E-state index is 0.218. The Morgan fingerprint density at radius 1 is 1.31 bits per heavy atom. The first-order valence-electron chi connectivity index (χ1n) is 5.72. The molecule has 0 heterocycles. The van der Waals surface area contributed by atoms with Gasteiger partial charge in [0.1, 0.15) is 0 Å². The molecular formula is C11H20N2O2S. The molecule has 0 aromatic heterocycles. The summed E-state index contributed by atoms with van der Waals surface area (Å²) < 4.78 is 0. The lowest BCUT2D eigenvalue weighted by Gasteiger charge is -2.29. The van der Waals surface area contributed by atoms with Gasteiger partial charge in [-0.2, -0.15) is 11.8 Å². The predicted molar refractivity (Wildman–Crippen MR) is 66.5 cm³/mol. The van der Waals surface area contributed by atoms with Gasteiger partial charge in [0.2, 0.25) is 5.91 Å². The van der Waals surface area contributed by atoms with Crippen molar-refractivity contribution in [3.63, 3.8) is 0 Å². The normalized spacial score (nSPS) is 24.9. The molecule has 1 aliphatic carbocycles. The molecule has 16 heavy (non-hydrogen) atoms. The van der Waals surface area contributed by atoms with Crippen LogP contribution in [0.2, 0.25) is 0 Å². The zero-order valence-corrected chi connectivity index (χ0v) is 10.7. The van der Waals surface area contributed by atoms with Crippen LogP contribution >= 0.6 is 11.8 Å². The fourth-order valence-corrected chi connectivity index (χ4v) is 2.36. The molecule has 1 fully saturated rings. The predicted octanol–water partition coefficient (Wildman–Crippen LogP) is 1.75. The Hall–Kier alpha value is -0.710. The van der Waals surface area contributed by atoms with E-state index in [9.17, 15) is 9.59 Å². The Morgan fingerprint density at radius 2 is 2.00 bits per heavy atom. The van der Waals surface area contributed by atoms with Crippen LogP contribution in [0.15, 0.2) is 0 Å². The van der Waals surface area contributed by atoms with Crippen molar-refractivity contribution in [2.24, 2.45) is 5.92 Å². The molecule has 1 rings (SSSR count). The molecule has 0 spiro atoms. The van der Waals surface area contributed by atoms with Crippen molar-refractivity contribution in [1.82, 2.24) is 10.6 Å². The van der Waals surface area contributed by atoms with Gasteiger partial charge in [-0.25, -0.2) is 4.79 Å². The van der Waals surface area contributed by atoms with Crippen molar-refractivity contribution in [2.75, 3.05) is 12.0 Å². The van der Waals surface area contributed by atoms with E-state index in [4.69, 9.17) is 0 Å². The van der Waals surface area contributed by atoms with E-state index in [1.807, 2.05) is 6.26 Å². The fraction of sp³-hybridized carbons (Fsp3) is 0.818. The molecule has 2 N–H and O–H groups in total. The third-order valence-electron chi connectivity index (χ3n) is 2.96. The van der Waals surface area contributed by atoms with E-state index in [-0.39, 0.29) is 18.0 Å². The number of urea groups is 1. The number of imide groups is 1. The molecule has 3 amide bonds. The van der Waals surface area contributed by atoms with Crippen LogP contribution < -0.4 is 10.6 Å². The Kier molecular flexibility index (Phi) is 5.66. The molecule has 5 heteroatoms. The number of nitrogens with one attached hydrogen (secondary N) is 2. The van der Waals surface area contributed by atoms with Gasteiger partial charge < -0.3 is 5.32 Å².